The highest BCUT2D eigenvalue weighted by molar-refractivity contribution is 7.92. The molecule has 1 aliphatic heterocycles. The summed E-state index contributed by atoms with van der Waals surface area (Å²) in [6.07, 6.45) is 4.46. The molecule has 0 radical (unpaired) electrons. The molecule has 0 amide bonds. The molecule has 1 aliphatic rings. The lowest BCUT2D eigenvalue weighted by Crippen LogP contribution is -2.23. The Kier molecular flexibility index (Phi) is 20.3. The van der Waals surface area contributed by atoms with E-state index in [0.717, 1.165) is 82.3 Å². The van der Waals surface area contributed by atoms with Crippen LogP contribution in [-0.2, 0) is 57.6 Å². The third-order valence-electron chi connectivity index (χ3n) is 14.4. The molecular formula is C70H70N4O9S2. The fourth-order valence-electron chi connectivity index (χ4n) is 10.1. The number of ether oxygens (including phenoxy) is 3. The van der Waals surface area contributed by atoms with Gasteiger partial charge in [-0.15, -0.1) is 0 Å². The maximum Gasteiger partial charge on any atom is 0.229 e. The fourth-order valence-corrected chi connectivity index (χ4v) is 11.3. The second-order valence-corrected chi connectivity index (χ2v) is 24.7. The van der Waals surface area contributed by atoms with E-state index in [9.17, 15) is 26.4 Å². The standard InChI is InChI=1S/C36H34N2O4S.C34H36N2O5S/c1-27-34(37-43(2,40)41)17-10-18-35(27)38(24-28-11-5-3-6-12-28)25-29-19-21-31(22-20-29)36(39)32-15-9-16-33(23-32)42-26-30-13-7-4-8-14-30;1-25-32(35-42(2,38)39)14-7-15-33(25)36(22-26-9-4-3-5-10-26)23-27-16-18-28(19-17-27)34(37)29-11-6-12-30(21-29)41-24-31-13-8-20-40-31/h3-23,37H,24-26H2,1-2H3;3-7,9-12,14-19,21,31,35H,8,13,20,22-24H2,1-2H3. The van der Waals surface area contributed by atoms with E-state index in [1.165, 1.54) is 0 Å². The summed E-state index contributed by atoms with van der Waals surface area (Å²) >= 11 is 0. The largest absolute Gasteiger partial charge is 0.491 e. The van der Waals surface area contributed by atoms with Crippen molar-refractivity contribution in [1.29, 1.82) is 0 Å². The number of carbonyl (C=O) groups excluding carboxylic acids is 2. The Balaban J connectivity index is 0.000000204. The van der Waals surface area contributed by atoms with Crippen LogP contribution in [0.2, 0.25) is 0 Å². The van der Waals surface area contributed by atoms with Crippen LogP contribution in [0, 0.1) is 13.8 Å². The maximum atomic E-state index is 13.3. The van der Waals surface area contributed by atoms with E-state index in [0.29, 0.717) is 84.5 Å². The third-order valence-corrected chi connectivity index (χ3v) is 15.6. The summed E-state index contributed by atoms with van der Waals surface area (Å²) in [6.45, 7) is 7.91. The van der Waals surface area contributed by atoms with Gasteiger partial charge in [0.05, 0.1) is 30.0 Å². The van der Waals surface area contributed by atoms with E-state index in [4.69, 9.17) is 14.2 Å². The zero-order valence-electron chi connectivity index (χ0n) is 48.2. The van der Waals surface area contributed by atoms with Gasteiger partial charge in [-0.05, 0) is 114 Å². The van der Waals surface area contributed by atoms with E-state index >= 15 is 0 Å². The predicted octanol–water partition coefficient (Wildman–Crippen LogP) is 13.7. The van der Waals surface area contributed by atoms with Crippen molar-refractivity contribution in [2.75, 3.05) is 45.0 Å². The van der Waals surface area contributed by atoms with E-state index in [1.54, 1.807) is 36.4 Å². The summed E-state index contributed by atoms with van der Waals surface area (Å²) < 4.78 is 70.5. The van der Waals surface area contributed by atoms with Gasteiger partial charge in [0.2, 0.25) is 20.0 Å². The van der Waals surface area contributed by atoms with E-state index in [-0.39, 0.29) is 17.7 Å². The molecule has 9 aromatic rings. The van der Waals surface area contributed by atoms with E-state index in [1.807, 2.05) is 178 Å². The smallest absolute Gasteiger partial charge is 0.229 e. The molecule has 1 unspecified atom stereocenters. The molecule has 436 valence electrons. The molecule has 0 saturated carbocycles. The summed E-state index contributed by atoms with van der Waals surface area (Å²) in [5.41, 5.74) is 12.3. The summed E-state index contributed by atoms with van der Waals surface area (Å²) in [7, 11) is -6.84. The van der Waals surface area contributed by atoms with E-state index in [2.05, 4.69) is 43.5 Å². The Morgan fingerprint density at radius 2 is 0.847 bits per heavy atom. The van der Waals surface area contributed by atoms with Crippen LogP contribution in [0.5, 0.6) is 11.5 Å². The highest BCUT2D eigenvalue weighted by atomic mass is 32.2. The summed E-state index contributed by atoms with van der Waals surface area (Å²) in [5, 5.41) is 0. The molecule has 1 saturated heterocycles. The van der Waals surface area contributed by atoms with Crippen LogP contribution in [-0.4, -0.2) is 60.2 Å². The minimum Gasteiger partial charge on any atom is -0.491 e. The van der Waals surface area contributed by atoms with Crippen molar-refractivity contribution in [3.05, 3.63) is 286 Å². The fraction of sp³-hybridized carbons (Fsp3) is 0.200. The SMILES string of the molecule is Cc1c(NS(C)(=O)=O)cccc1N(Cc1ccccc1)Cc1ccc(C(=O)c2cccc(OCC3CCCO3)c2)cc1.Cc1c(NS(C)(=O)=O)cccc1N(Cc1ccccc1)Cc1ccc(C(=O)c2cccc(OCc3ccccc3)c2)cc1. The molecule has 0 bridgehead atoms. The molecule has 1 heterocycles. The van der Waals surface area contributed by atoms with Crippen LogP contribution in [0.25, 0.3) is 0 Å². The lowest BCUT2D eigenvalue weighted by atomic mass is 10.0. The average molecular weight is 1180 g/mol. The van der Waals surface area contributed by atoms with Crippen LogP contribution in [0.1, 0.15) is 83.6 Å². The molecule has 9 aromatic carbocycles. The van der Waals surface area contributed by atoms with Crippen LogP contribution in [0.4, 0.5) is 22.7 Å². The molecule has 0 aliphatic carbocycles. The van der Waals surface area contributed by atoms with Crippen LogP contribution >= 0.6 is 0 Å². The monoisotopic (exact) mass is 1170 g/mol. The molecule has 0 aromatic heterocycles. The number of rotatable bonds is 24. The van der Waals surface area contributed by atoms with Gasteiger partial charge in [-0.25, -0.2) is 16.8 Å². The predicted molar refractivity (Wildman–Crippen MR) is 340 cm³/mol. The second-order valence-electron chi connectivity index (χ2n) is 21.2. The second kappa shape index (κ2) is 28.5. The lowest BCUT2D eigenvalue weighted by Gasteiger charge is -2.28. The molecule has 85 heavy (non-hydrogen) atoms. The molecule has 0 spiro atoms. The van der Waals surface area contributed by atoms with Gasteiger partial charge in [-0.3, -0.25) is 19.0 Å². The number of anilines is 4. The number of benzene rings is 9. The van der Waals surface area contributed by atoms with Gasteiger partial charge in [0.25, 0.3) is 0 Å². The number of hydrogen-bond acceptors (Lipinski definition) is 11. The van der Waals surface area contributed by atoms with Gasteiger partial charge in [-0.1, -0.05) is 176 Å². The third kappa shape index (κ3) is 17.8. The highest BCUT2D eigenvalue weighted by Crippen LogP contribution is 2.33. The minimum absolute atomic E-state index is 0.0688. The molecule has 15 heteroatoms. The Morgan fingerprint density at radius 1 is 0.459 bits per heavy atom. The highest BCUT2D eigenvalue weighted by Gasteiger charge is 2.20. The first-order valence-electron chi connectivity index (χ1n) is 28.1. The van der Waals surface area contributed by atoms with Crippen molar-refractivity contribution >= 4 is 54.4 Å². The average Bonchev–Trinajstić information content (AvgIpc) is 4.12. The topological polar surface area (TPSA) is 161 Å². The van der Waals surface area contributed by atoms with Gasteiger partial charge >= 0.3 is 0 Å². The first-order valence-corrected chi connectivity index (χ1v) is 31.9. The molecule has 13 nitrogen and oxygen atoms in total. The number of nitrogens with zero attached hydrogens (tertiary/aromatic N) is 2. The van der Waals surface area contributed by atoms with Gasteiger partial charge < -0.3 is 24.0 Å². The van der Waals surface area contributed by atoms with Crippen molar-refractivity contribution in [3.8, 4) is 11.5 Å². The van der Waals surface area contributed by atoms with Crippen molar-refractivity contribution in [2.45, 2.75) is 65.6 Å². The Bertz CT molecular complexity index is 3920. The van der Waals surface area contributed by atoms with Crippen LogP contribution in [0.3, 0.4) is 0 Å². The lowest BCUT2D eigenvalue weighted by molar-refractivity contribution is 0.0679. The zero-order chi connectivity index (χ0) is 59.8. The molecule has 1 fully saturated rings. The summed E-state index contributed by atoms with van der Waals surface area (Å²) in [4.78, 5) is 31.1. The molecular weight excluding hydrogens is 1100 g/mol. The number of carbonyl (C=O) groups is 2. The first kappa shape index (κ1) is 60.6. The maximum absolute atomic E-state index is 13.3. The van der Waals surface area contributed by atoms with Crippen molar-refractivity contribution in [2.24, 2.45) is 0 Å². The van der Waals surface area contributed by atoms with Crippen molar-refractivity contribution in [1.82, 2.24) is 0 Å². The van der Waals surface area contributed by atoms with Gasteiger partial charge in [-0.2, -0.15) is 0 Å². The summed E-state index contributed by atoms with van der Waals surface area (Å²) in [5.74, 6) is 1.16. The van der Waals surface area contributed by atoms with Gasteiger partial charge in [0.15, 0.2) is 11.6 Å². The number of ketones is 2. The quantitative estimate of drug-likeness (QED) is 0.0554. The number of hydrogen-bond donors (Lipinski definition) is 2. The number of nitrogens with one attached hydrogen (secondary N) is 2. The minimum atomic E-state index is -3.42. The molecule has 2 N–H and O–H groups in total. The van der Waals surface area contributed by atoms with Gasteiger partial charge in [0.1, 0.15) is 24.7 Å². The summed E-state index contributed by atoms with van der Waals surface area (Å²) in [6, 6.07) is 71.2. The van der Waals surface area contributed by atoms with E-state index < -0.39 is 20.0 Å². The zero-order valence-corrected chi connectivity index (χ0v) is 49.8. The first-order chi connectivity index (χ1) is 41.0. The Labute approximate surface area is 500 Å². The van der Waals surface area contributed by atoms with Gasteiger partial charge in [0, 0.05) is 66.4 Å². The Morgan fingerprint density at radius 3 is 1.25 bits per heavy atom. The van der Waals surface area contributed by atoms with Crippen LogP contribution < -0.4 is 28.7 Å². The molecule has 1 atom stereocenters. The number of sulfonamides is 2. The normalized spacial score (nSPS) is 13.0. The molecule has 10 rings (SSSR count). The Hall–Kier alpha value is -9.02. The van der Waals surface area contributed by atoms with Crippen molar-refractivity contribution < 1.29 is 40.6 Å². The van der Waals surface area contributed by atoms with Crippen molar-refractivity contribution in [3.63, 3.8) is 0 Å². The van der Waals surface area contributed by atoms with Crippen LogP contribution in [0.15, 0.2) is 224 Å².